The van der Waals surface area contributed by atoms with Gasteiger partial charge >= 0.3 is 0 Å². The van der Waals surface area contributed by atoms with Crippen molar-refractivity contribution < 1.29 is 9.84 Å². The molecule has 0 aliphatic carbocycles. The third kappa shape index (κ3) is 4.22. The third-order valence-electron chi connectivity index (χ3n) is 3.49. The molecule has 25 heavy (non-hydrogen) atoms. The highest BCUT2D eigenvalue weighted by Gasteiger charge is 2.11. The molecule has 0 bridgehead atoms. The Labute approximate surface area is 149 Å². The Kier molecular flexibility index (Phi) is 5.40. The second-order valence-electron chi connectivity index (χ2n) is 5.27. The first-order valence-corrected chi connectivity index (χ1v) is 8.89. The van der Waals surface area contributed by atoms with Gasteiger partial charge in [0.05, 0.1) is 18.4 Å². The highest BCUT2D eigenvalue weighted by molar-refractivity contribution is 7.98. The van der Waals surface area contributed by atoms with E-state index in [1.807, 2.05) is 49.4 Å². The summed E-state index contributed by atoms with van der Waals surface area (Å²) >= 11 is 1.40. The lowest BCUT2D eigenvalue weighted by Gasteiger charge is -2.12. The van der Waals surface area contributed by atoms with Crippen LogP contribution < -0.4 is 10.3 Å². The number of ether oxygens (including phenoxy) is 1. The summed E-state index contributed by atoms with van der Waals surface area (Å²) in [5, 5.41) is 10.2. The van der Waals surface area contributed by atoms with Crippen molar-refractivity contribution in [1.82, 2.24) is 9.55 Å². The molecule has 1 heterocycles. The van der Waals surface area contributed by atoms with Gasteiger partial charge in [-0.05, 0) is 36.8 Å². The summed E-state index contributed by atoms with van der Waals surface area (Å²) in [5.41, 5.74) is 1.46. The molecule has 3 aromatic rings. The minimum Gasteiger partial charge on any atom is -0.494 e. The Morgan fingerprint density at radius 2 is 1.84 bits per heavy atom. The number of aromatic hydroxyl groups is 1. The van der Waals surface area contributed by atoms with Crippen molar-refractivity contribution in [1.29, 1.82) is 0 Å². The Bertz CT molecular complexity index is 893. The van der Waals surface area contributed by atoms with E-state index in [1.54, 1.807) is 12.1 Å². The van der Waals surface area contributed by atoms with E-state index in [9.17, 15) is 9.90 Å². The summed E-state index contributed by atoms with van der Waals surface area (Å²) in [7, 11) is 0. The quantitative estimate of drug-likeness (QED) is 0.541. The molecule has 128 valence electrons. The van der Waals surface area contributed by atoms with Gasteiger partial charge in [0.15, 0.2) is 5.16 Å². The minimum atomic E-state index is -0.327. The molecule has 2 aromatic carbocycles. The van der Waals surface area contributed by atoms with Crippen LogP contribution in [0.1, 0.15) is 12.5 Å². The fourth-order valence-corrected chi connectivity index (χ4v) is 3.34. The van der Waals surface area contributed by atoms with Crippen LogP contribution in [0.4, 0.5) is 0 Å². The van der Waals surface area contributed by atoms with Gasteiger partial charge in [0.2, 0.25) is 5.88 Å². The average Bonchev–Trinajstić information content (AvgIpc) is 2.62. The molecule has 0 atom stereocenters. The average molecular weight is 354 g/mol. The smallest absolute Gasteiger partial charge is 0.262 e. The van der Waals surface area contributed by atoms with Gasteiger partial charge in [0, 0.05) is 5.75 Å². The topological polar surface area (TPSA) is 64.3 Å². The van der Waals surface area contributed by atoms with Crippen LogP contribution in [0.15, 0.2) is 70.6 Å². The lowest BCUT2D eigenvalue weighted by Crippen LogP contribution is -2.20. The third-order valence-corrected chi connectivity index (χ3v) is 4.50. The van der Waals surface area contributed by atoms with Crippen LogP contribution in [0.2, 0.25) is 0 Å². The van der Waals surface area contributed by atoms with Crippen molar-refractivity contribution in [2.75, 3.05) is 6.61 Å². The molecule has 3 rings (SSSR count). The summed E-state index contributed by atoms with van der Waals surface area (Å²) in [5.74, 6) is 1.11. The van der Waals surface area contributed by atoms with Crippen LogP contribution in [0, 0.1) is 0 Å². The molecule has 0 saturated heterocycles. The minimum absolute atomic E-state index is 0.275. The summed E-state index contributed by atoms with van der Waals surface area (Å²) in [6.07, 6.45) is 0. The zero-order valence-electron chi connectivity index (χ0n) is 13.8. The molecule has 5 nitrogen and oxygen atoms in total. The van der Waals surface area contributed by atoms with Gasteiger partial charge < -0.3 is 9.84 Å². The number of hydrogen-bond acceptors (Lipinski definition) is 5. The van der Waals surface area contributed by atoms with Gasteiger partial charge in [0.1, 0.15) is 5.75 Å². The second-order valence-corrected chi connectivity index (χ2v) is 6.21. The van der Waals surface area contributed by atoms with Gasteiger partial charge in [-0.15, -0.1) is 0 Å². The molecular weight excluding hydrogens is 336 g/mol. The summed E-state index contributed by atoms with van der Waals surface area (Å²) in [4.78, 5) is 16.5. The van der Waals surface area contributed by atoms with Crippen LogP contribution >= 0.6 is 11.8 Å². The normalized spacial score (nSPS) is 10.6. The fourth-order valence-electron chi connectivity index (χ4n) is 2.36. The fraction of sp³-hybridized carbons (Fsp3) is 0.158. The standard InChI is InChI=1S/C19H18N2O3S/c1-2-24-16-10-8-15(9-11-16)21-18(23)12-17(22)20-19(21)25-13-14-6-4-3-5-7-14/h3-12,22H,2,13H2,1H3. The summed E-state index contributed by atoms with van der Waals surface area (Å²) in [6.45, 7) is 2.50. The maximum Gasteiger partial charge on any atom is 0.262 e. The molecule has 0 spiro atoms. The molecule has 1 aromatic heterocycles. The van der Waals surface area contributed by atoms with Crippen molar-refractivity contribution in [3.63, 3.8) is 0 Å². The highest BCUT2D eigenvalue weighted by Crippen LogP contribution is 2.24. The second kappa shape index (κ2) is 7.90. The number of nitrogens with zero attached hydrogens (tertiary/aromatic N) is 2. The zero-order chi connectivity index (χ0) is 17.6. The van der Waals surface area contributed by atoms with Crippen molar-refractivity contribution in [2.24, 2.45) is 0 Å². The number of rotatable bonds is 6. The number of benzene rings is 2. The largest absolute Gasteiger partial charge is 0.494 e. The lowest BCUT2D eigenvalue weighted by atomic mass is 10.2. The van der Waals surface area contributed by atoms with Crippen LogP contribution in [0.3, 0.4) is 0 Å². The van der Waals surface area contributed by atoms with Gasteiger partial charge in [0.25, 0.3) is 5.56 Å². The van der Waals surface area contributed by atoms with E-state index >= 15 is 0 Å². The van der Waals surface area contributed by atoms with Crippen LogP contribution in [0.25, 0.3) is 5.69 Å². The van der Waals surface area contributed by atoms with Gasteiger partial charge in [-0.2, -0.15) is 4.98 Å². The predicted molar refractivity (Wildman–Crippen MR) is 98.7 cm³/mol. The molecule has 0 unspecified atom stereocenters. The van der Waals surface area contributed by atoms with Gasteiger partial charge in [-0.1, -0.05) is 42.1 Å². The molecule has 0 amide bonds. The van der Waals surface area contributed by atoms with E-state index in [2.05, 4.69) is 4.98 Å². The molecule has 6 heteroatoms. The molecule has 0 radical (unpaired) electrons. The Morgan fingerprint density at radius 3 is 2.52 bits per heavy atom. The van der Waals surface area contributed by atoms with E-state index in [0.29, 0.717) is 23.2 Å². The number of hydrogen-bond donors (Lipinski definition) is 1. The first-order chi connectivity index (χ1) is 12.2. The van der Waals surface area contributed by atoms with E-state index in [4.69, 9.17) is 4.74 Å². The first kappa shape index (κ1) is 17.1. The Morgan fingerprint density at radius 1 is 1.12 bits per heavy atom. The molecule has 0 saturated carbocycles. The van der Waals surface area contributed by atoms with E-state index < -0.39 is 0 Å². The Hall–Kier alpha value is -2.73. The van der Waals surface area contributed by atoms with Crippen LogP contribution in [-0.2, 0) is 5.75 Å². The first-order valence-electron chi connectivity index (χ1n) is 7.90. The Balaban J connectivity index is 1.93. The molecule has 0 aliphatic rings. The van der Waals surface area contributed by atoms with E-state index in [-0.39, 0.29) is 11.4 Å². The molecule has 0 fully saturated rings. The number of aromatic nitrogens is 2. The van der Waals surface area contributed by atoms with Gasteiger partial charge in [-0.25, -0.2) is 0 Å². The lowest BCUT2D eigenvalue weighted by molar-refractivity contribution is 0.340. The van der Waals surface area contributed by atoms with Gasteiger partial charge in [-0.3, -0.25) is 9.36 Å². The maximum absolute atomic E-state index is 12.4. The SMILES string of the molecule is CCOc1ccc(-n2c(SCc3ccccc3)nc(O)cc2=O)cc1. The highest BCUT2D eigenvalue weighted by atomic mass is 32.2. The van der Waals surface area contributed by atoms with Crippen molar-refractivity contribution in [3.05, 3.63) is 76.6 Å². The maximum atomic E-state index is 12.4. The van der Waals surface area contributed by atoms with E-state index in [0.717, 1.165) is 17.4 Å². The summed E-state index contributed by atoms with van der Waals surface area (Å²) < 4.78 is 6.92. The van der Waals surface area contributed by atoms with E-state index in [1.165, 1.54) is 16.3 Å². The zero-order valence-corrected chi connectivity index (χ0v) is 14.6. The van der Waals surface area contributed by atoms with Crippen LogP contribution in [0.5, 0.6) is 11.6 Å². The van der Waals surface area contributed by atoms with Crippen molar-refractivity contribution in [2.45, 2.75) is 17.8 Å². The van der Waals surface area contributed by atoms with Crippen LogP contribution in [-0.4, -0.2) is 21.3 Å². The summed E-state index contributed by atoms with van der Waals surface area (Å²) in [6, 6.07) is 18.2. The van der Waals surface area contributed by atoms with Crippen molar-refractivity contribution >= 4 is 11.8 Å². The monoisotopic (exact) mass is 354 g/mol. The molecular formula is C19H18N2O3S. The molecule has 1 N–H and O–H groups in total. The molecule has 0 aliphatic heterocycles. The van der Waals surface area contributed by atoms with Crippen molar-refractivity contribution in [3.8, 4) is 17.3 Å². The predicted octanol–water partition coefficient (Wildman–Crippen LogP) is 3.63. The number of thioether (sulfide) groups is 1.